The van der Waals surface area contributed by atoms with Crippen LogP contribution in [0, 0.1) is 24.1 Å². The van der Waals surface area contributed by atoms with Crippen LogP contribution in [0.3, 0.4) is 0 Å². The highest BCUT2D eigenvalue weighted by atomic mass is 35.5. The van der Waals surface area contributed by atoms with E-state index < -0.39 is 11.4 Å². The van der Waals surface area contributed by atoms with Gasteiger partial charge in [0.1, 0.15) is 29.8 Å². The van der Waals surface area contributed by atoms with Crippen molar-refractivity contribution in [3.05, 3.63) is 87.0 Å². The molecule has 1 amide bonds. The average molecular weight is 670 g/mol. The zero-order valence-corrected chi connectivity index (χ0v) is 27.1. The Labute approximate surface area is 275 Å². The van der Waals surface area contributed by atoms with Crippen LogP contribution in [0.5, 0.6) is 17.2 Å². The van der Waals surface area contributed by atoms with Gasteiger partial charge >= 0.3 is 6.09 Å². The van der Waals surface area contributed by atoms with Gasteiger partial charge in [0, 0.05) is 22.7 Å². The van der Waals surface area contributed by atoms with Crippen molar-refractivity contribution in [3.63, 3.8) is 0 Å². The van der Waals surface area contributed by atoms with Crippen LogP contribution in [0.4, 0.5) is 9.18 Å². The quantitative estimate of drug-likeness (QED) is 0.185. The van der Waals surface area contributed by atoms with Crippen molar-refractivity contribution in [3.8, 4) is 34.8 Å². The monoisotopic (exact) mass is 668 g/mol. The second-order valence-electron chi connectivity index (χ2n) is 11.6. The standard InChI is InChI=1S/C33H31Cl2FN4O6/c1-19-11-23(43-18-25-17-40(9-10-42-25)32(41)46-33(2,3)4)6-7-26(19)31-39-38-28(45-31)14-21-5-8-27(35)30(29(21)36)44-24-13-20(16-37)12-22(34)15-24/h5-8,11-13,15,25H,9-10,14,17-18H2,1-4H3. The summed E-state index contributed by atoms with van der Waals surface area (Å²) in [6, 6.07) is 14.7. The number of morpholine rings is 1. The fraction of sp³-hybridized carbons (Fsp3) is 0.333. The molecule has 1 atom stereocenters. The van der Waals surface area contributed by atoms with Gasteiger partial charge in [-0.05, 0) is 75.7 Å². The molecular formula is C33H31Cl2FN4O6. The molecule has 240 valence electrons. The van der Waals surface area contributed by atoms with Crippen molar-refractivity contribution in [1.82, 2.24) is 15.1 Å². The van der Waals surface area contributed by atoms with E-state index in [0.717, 1.165) is 5.56 Å². The minimum absolute atomic E-state index is 0.0205. The van der Waals surface area contributed by atoms with E-state index in [1.165, 1.54) is 30.3 Å². The molecule has 10 nitrogen and oxygen atoms in total. The van der Waals surface area contributed by atoms with Gasteiger partial charge < -0.3 is 28.3 Å². The van der Waals surface area contributed by atoms with Gasteiger partial charge in [0.25, 0.3) is 0 Å². The Bertz CT molecular complexity index is 1780. The molecule has 0 spiro atoms. The summed E-state index contributed by atoms with van der Waals surface area (Å²) in [5.74, 6) is 0.291. The number of carbonyl (C=O) groups excluding carboxylic acids is 1. The molecule has 1 aliphatic heterocycles. The van der Waals surface area contributed by atoms with Gasteiger partial charge in [0.2, 0.25) is 11.8 Å². The van der Waals surface area contributed by atoms with E-state index in [1.54, 1.807) is 17.0 Å². The fourth-order valence-electron chi connectivity index (χ4n) is 4.67. The van der Waals surface area contributed by atoms with Crippen LogP contribution in [0.1, 0.15) is 43.4 Å². The molecule has 0 N–H and O–H groups in total. The van der Waals surface area contributed by atoms with Crippen LogP contribution >= 0.6 is 23.2 Å². The first-order valence-electron chi connectivity index (χ1n) is 14.4. The summed E-state index contributed by atoms with van der Waals surface area (Å²) in [5, 5.41) is 17.8. The summed E-state index contributed by atoms with van der Waals surface area (Å²) in [5.41, 5.74) is 1.40. The summed E-state index contributed by atoms with van der Waals surface area (Å²) in [7, 11) is 0. The molecule has 46 heavy (non-hydrogen) atoms. The van der Waals surface area contributed by atoms with Crippen molar-refractivity contribution in [2.75, 3.05) is 26.3 Å². The molecule has 3 aromatic carbocycles. The van der Waals surface area contributed by atoms with E-state index in [9.17, 15) is 10.1 Å². The maximum Gasteiger partial charge on any atom is 0.410 e. The van der Waals surface area contributed by atoms with Crippen molar-refractivity contribution < 1.29 is 32.5 Å². The Kier molecular flexibility index (Phi) is 10.0. The van der Waals surface area contributed by atoms with Crippen LogP contribution in [0.2, 0.25) is 10.0 Å². The Balaban J connectivity index is 1.22. The fourth-order valence-corrected chi connectivity index (χ4v) is 5.08. The third kappa shape index (κ3) is 8.26. The molecule has 0 bridgehead atoms. The first kappa shape index (κ1) is 33.0. The maximum absolute atomic E-state index is 15.5. The number of amides is 1. The minimum Gasteiger partial charge on any atom is -0.491 e. The Morgan fingerprint density at radius 1 is 1.13 bits per heavy atom. The first-order chi connectivity index (χ1) is 21.9. The van der Waals surface area contributed by atoms with Crippen LogP contribution < -0.4 is 9.47 Å². The summed E-state index contributed by atoms with van der Waals surface area (Å²) in [6.07, 6.45) is -0.701. The van der Waals surface area contributed by atoms with Gasteiger partial charge in [-0.1, -0.05) is 29.3 Å². The molecular weight excluding hydrogens is 638 g/mol. The number of hydrogen-bond acceptors (Lipinski definition) is 9. The topological polar surface area (TPSA) is 120 Å². The number of nitriles is 1. The highest BCUT2D eigenvalue weighted by Gasteiger charge is 2.28. The molecule has 4 aromatic rings. The highest BCUT2D eigenvalue weighted by molar-refractivity contribution is 6.32. The molecule has 13 heteroatoms. The van der Waals surface area contributed by atoms with Gasteiger partial charge in [-0.25, -0.2) is 9.18 Å². The molecule has 1 aromatic heterocycles. The van der Waals surface area contributed by atoms with Crippen LogP contribution in [-0.4, -0.2) is 59.2 Å². The van der Waals surface area contributed by atoms with Gasteiger partial charge in [-0.2, -0.15) is 5.26 Å². The molecule has 0 aliphatic carbocycles. The Hall–Kier alpha value is -4.37. The third-order valence-electron chi connectivity index (χ3n) is 6.81. The Morgan fingerprint density at radius 3 is 2.67 bits per heavy atom. The van der Waals surface area contributed by atoms with Gasteiger partial charge in [-0.15, -0.1) is 10.2 Å². The lowest BCUT2D eigenvalue weighted by Crippen LogP contribution is -2.49. The highest BCUT2D eigenvalue weighted by Crippen LogP contribution is 2.36. The van der Waals surface area contributed by atoms with Gasteiger partial charge in [0.05, 0.1) is 36.2 Å². The zero-order chi connectivity index (χ0) is 33.0. The molecule has 0 saturated carbocycles. The predicted molar refractivity (Wildman–Crippen MR) is 168 cm³/mol. The summed E-state index contributed by atoms with van der Waals surface area (Å²) >= 11 is 12.3. The van der Waals surface area contributed by atoms with Crippen LogP contribution in [0.15, 0.2) is 52.9 Å². The number of carbonyl (C=O) groups is 1. The van der Waals surface area contributed by atoms with Crippen molar-refractivity contribution in [1.29, 1.82) is 5.26 Å². The number of hydrogen-bond donors (Lipinski definition) is 0. The number of ether oxygens (including phenoxy) is 4. The van der Waals surface area contributed by atoms with E-state index in [1.807, 2.05) is 39.8 Å². The smallest absolute Gasteiger partial charge is 0.410 e. The van der Waals surface area contributed by atoms with E-state index in [0.29, 0.717) is 31.0 Å². The molecule has 1 fully saturated rings. The molecule has 2 heterocycles. The number of aromatic nitrogens is 2. The van der Waals surface area contributed by atoms with E-state index in [4.69, 9.17) is 46.6 Å². The molecule has 1 aliphatic rings. The van der Waals surface area contributed by atoms with Gasteiger partial charge in [-0.3, -0.25) is 0 Å². The maximum atomic E-state index is 15.5. The SMILES string of the molecule is Cc1cc(OCC2CN(C(=O)OC(C)(C)C)CCO2)ccc1-c1nnc(Cc2ccc(Cl)c(Oc3cc(Cl)cc(C#N)c3)c2F)o1. The summed E-state index contributed by atoms with van der Waals surface area (Å²) in [4.78, 5) is 14.1. The number of aryl methyl sites for hydroxylation is 1. The summed E-state index contributed by atoms with van der Waals surface area (Å²) in [6.45, 7) is 8.83. The lowest BCUT2D eigenvalue weighted by molar-refractivity contribution is -0.0557. The number of rotatable bonds is 8. The van der Waals surface area contributed by atoms with Crippen molar-refractivity contribution in [2.24, 2.45) is 0 Å². The van der Waals surface area contributed by atoms with Crippen LogP contribution in [0.25, 0.3) is 11.5 Å². The Morgan fingerprint density at radius 2 is 1.93 bits per heavy atom. The molecule has 1 saturated heterocycles. The summed E-state index contributed by atoms with van der Waals surface area (Å²) < 4.78 is 44.3. The second kappa shape index (κ2) is 14.0. The third-order valence-corrected chi connectivity index (χ3v) is 7.33. The number of benzene rings is 3. The molecule has 5 rings (SSSR count). The second-order valence-corrected chi connectivity index (χ2v) is 12.5. The molecule has 1 unspecified atom stereocenters. The first-order valence-corrected chi connectivity index (χ1v) is 15.2. The van der Waals surface area contributed by atoms with E-state index in [-0.39, 0.29) is 69.7 Å². The largest absolute Gasteiger partial charge is 0.491 e. The zero-order valence-electron chi connectivity index (χ0n) is 25.6. The van der Waals surface area contributed by atoms with E-state index in [2.05, 4.69) is 10.2 Å². The normalized spacial score (nSPS) is 14.9. The van der Waals surface area contributed by atoms with E-state index >= 15 is 4.39 Å². The van der Waals surface area contributed by atoms with Crippen molar-refractivity contribution >= 4 is 29.3 Å². The minimum atomic E-state index is -0.709. The molecule has 0 radical (unpaired) electrons. The number of halogens is 3. The van der Waals surface area contributed by atoms with Crippen LogP contribution in [-0.2, 0) is 15.9 Å². The predicted octanol–water partition coefficient (Wildman–Crippen LogP) is 7.76. The number of nitrogens with zero attached hydrogens (tertiary/aromatic N) is 4. The lowest BCUT2D eigenvalue weighted by Gasteiger charge is -2.34. The van der Waals surface area contributed by atoms with Gasteiger partial charge in [0.15, 0.2) is 11.6 Å². The van der Waals surface area contributed by atoms with Crippen molar-refractivity contribution in [2.45, 2.75) is 45.8 Å². The lowest BCUT2D eigenvalue weighted by atomic mass is 10.1. The average Bonchev–Trinajstić information content (AvgIpc) is 3.47.